The Morgan fingerprint density at radius 1 is 1.18 bits per heavy atom. The molecule has 1 fully saturated rings. The molecule has 0 unspecified atom stereocenters. The van der Waals surface area contributed by atoms with E-state index in [-0.39, 0.29) is 54.7 Å². The first-order valence-corrected chi connectivity index (χ1v) is 13.3. The lowest BCUT2D eigenvalue weighted by atomic mass is 10.0. The quantitative estimate of drug-likeness (QED) is 0.228. The SMILES string of the molecule is Cc1ccc(S(=O)(=O)OC[C@@H]2CN(C(=O)OC(C)(C)C)CCN2c2cc3c(cc2[N+](=O)[O-])C(=O)OC3)cc1. The first-order valence-electron chi connectivity index (χ1n) is 11.9. The van der Waals surface area contributed by atoms with Gasteiger partial charge in [-0.25, -0.2) is 9.59 Å². The van der Waals surface area contributed by atoms with E-state index in [1.54, 1.807) is 37.8 Å². The summed E-state index contributed by atoms with van der Waals surface area (Å²) in [6, 6.07) is 8.03. The number of anilines is 1. The maximum absolute atomic E-state index is 12.9. The monoisotopic (exact) mass is 547 g/mol. The number of piperazine rings is 1. The summed E-state index contributed by atoms with van der Waals surface area (Å²) >= 11 is 0. The molecule has 13 heteroatoms. The molecule has 2 heterocycles. The first kappa shape index (κ1) is 27.3. The summed E-state index contributed by atoms with van der Waals surface area (Å²) in [7, 11) is -4.15. The molecule has 1 amide bonds. The average Bonchev–Trinajstić information content (AvgIpc) is 3.20. The molecule has 2 aromatic rings. The molecule has 0 radical (unpaired) electrons. The van der Waals surface area contributed by atoms with Crippen LogP contribution in [0.5, 0.6) is 0 Å². The van der Waals surface area contributed by atoms with Crippen molar-refractivity contribution in [2.75, 3.05) is 31.1 Å². The van der Waals surface area contributed by atoms with Crippen molar-refractivity contribution in [3.8, 4) is 0 Å². The van der Waals surface area contributed by atoms with Crippen LogP contribution in [0.3, 0.4) is 0 Å². The van der Waals surface area contributed by atoms with Crippen LogP contribution in [0.2, 0.25) is 0 Å². The van der Waals surface area contributed by atoms with Gasteiger partial charge in [-0.15, -0.1) is 0 Å². The van der Waals surface area contributed by atoms with Gasteiger partial charge in [-0.2, -0.15) is 8.42 Å². The molecule has 12 nitrogen and oxygen atoms in total. The number of hydrogen-bond acceptors (Lipinski definition) is 10. The molecule has 0 aliphatic carbocycles. The molecule has 0 bridgehead atoms. The third kappa shape index (κ3) is 5.89. The maximum Gasteiger partial charge on any atom is 0.410 e. The van der Waals surface area contributed by atoms with Crippen LogP contribution >= 0.6 is 0 Å². The fourth-order valence-electron chi connectivity index (χ4n) is 4.28. The highest BCUT2D eigenvalue weighted by atomic mass is 32.2. The number of nitro groups is 1. The number of benzene rings is 2. The van der Waals surface area contributed by atoms with Crippen molar-refractivity contribution >= 4 is 33.6 Å². The standard InChI is InChI=1S/C25H29N3O9S/c1-16-5-7-19(8-6-16)38(33,34)36-15-18-13-26(24(30)37-25(2,3)4)9-10-27(18)21-11-17-14-35-23(29)20(17)12-22(21)28(31)32/h5-8,11-12,18H,9-10,13-15H2,1-4H3/t18-/m0/s1. The van der Waals surface area contributed by atoms with Crippen LogP contribution < -0.4 is 4.90 Å². The van der Waals surface area contributed by atoms with E-state index in [4.69, 9.17) is 13.7 Å². The summed E-state index contributed by atoms with van der Waals surface area (Å²) in [6.45, 7) is 6.88. The predicted molar refractivity (Wildman–Crippen MR) is 135 cm³/mol. The minimum Gasteiger partial charge on any atom is -0.457 e. The minimum atomic E-state index is -4.15. The predicted octanol–water partition coefficient (Wildman–Crippen LogP) is 3.40. The fourth-order valence-corrected chi connectivity index (χ4v) is 5.22. The Balaban J connectivity index is 1.66. The fraction of sp³-hybridized carbons (Fsp3) is 0.440. The third-order valence-corrected chi connectivity index (χ3v) is 7.44. The number of amides is 1. The molecule has 4 rings (SSSR count). The van der Waals surface area contributed by atoms with Crippen molar-refractivity contribution < 1.29 is 36.6 Å². The van der Waals surface area contributed by atoms with Gasteiger partial charge in [0.2, 0.25) is 0 Å². The van der Waals surface area contributed by atoms with Crippen molar-refractivity contribution in [3.63, 3.8) is 0 Å². The highest BCUT2D eigenvalue weighted by molar-refractivity contribution is 7.86. The topological polar surface area (TPSA) is 146 Å². The van der Waals surface area contributed by atoms with E-state index in [2.05, 4.69) is 0 Å². The zero-order chi connectivity index (χ0) is 27.8. The highest BCUT2D eigenvalue weighted by Gasteiger charge is 2.37. The van der Waals surface area contributed by atoms with Crippen LogP contribution in [0.1, 0.15) is 42.3 Å². The Kier molecular flexibility index (Phi) is 7.35. The molecule has 204 valence electrons. The molecule has 0 spiro atoms. The molecule has 2 aliphatic heterocycles. The van der Waals surface area contributed by atoms with Crippen molar-refractivity contribution in [2.45, 2.75) is 50.8 Å². The third-order valence-electron chi connectivity index (χ3n) is 6.14. The number of hydrogen-bond donors (Lipinski definition) is 0. The number of ether oxygens (including phenoxy) is 2. The van der Waals surface area contributed by atoms with Gasteiger partial charge in [-0.1, -0.05) is 17.7 Å². The minimum absolute atomic E-state index is 0.0119. The lowest BCUT2D eigenvalue weighted by Crippen LogP contribution is -2.57. The van der Waals surface area contributed by atoms with Crippen LogP contribution in [0.25, 0.3) is 0 Å². The zero-order valence-corrected chi connectivity index (χ0v) is 22.3. The molecule has 0 saturated carbocycles. The first-order chi connectivity index (χ1) is 17.7. The van der Waals surface area contributed by atoms with E-state index in [1.165, 1.54) is 29.2 Å². The van der Waals surface area contributed by atoms with Gasteiger partial charge in [0, 0.05) is 31.3 Å². The van der Waals surface area contributed by atoms with E-state index in [1.807, 2.05) is 6.92 Å². The van der Waals surface area contributed by atoms with E-state index in [0.29, 0.717) is 5.56 Å². The summed E-state index contributed by atoms with van der Waals surface area (Å²) in [5, 5.41) is 12.0. The lowest BCUT2D eigenvalue weighted by Gasteiger charge is -2.42. The van der Waals surface area contributed by atoms with E-state index in [9.17, 15) is 28.1 Å². The molecular weight excluding hydrogens is 518 g/mol. The zero-order valence-electron chi connectivity index (χ0n) is 21.5. The van der Waals surface area contributed by atoms with Gasteiger partial charge in [0.25, 0.3) is 15.8 Å². The summed E-state index contributed by atoms with van der Waals surface area (Å²) in [6.07, 6.45) is -0.592. The number of nitro benzene ring substituents is 1. The van der Waals surface area contributed by atoms with Gasteiger partial charge >= 0.3 is 12.1 Å². The number of aryl methyl sites for hydroxylation is 1. The van der Waals surface area contributed by atoms with Crippen LogP contribution in [0.15, 0.2) is 41.3 Å². The van der Waals surface area contributed by atoms with Gasteiger partial charge in [-0.3, -0.25) is 14.3 Å². The molecular formula is C25H29N3O9S. The number of esters is 1. The van der Waals surface area contributed by atoms with Crippen molar-refractivity contribution in [2.24, 2.45) is 0 Å². The molecule has 1 saturated heterocycles. The van der Waals surface area contributed by atoms with Crippen molar-refractivity contribution in [3.05, 3.63) is 63.2 Å². The highest BCUT2D eigenvalue weighted by Crippen LogP contribution is 2.37. The molecule has 0 aromatic heterocycles. The molecule has 2 aliphatic rings. The van der Waals surface area contributed by atoms with Crippen LogP contribution in [0, 0.1) is 17.0 Å². The van der Waals surface area contributed by atoms with Gasteiger partial charge in [-0.05, 0) is 45.9 Å². The Morgan fingerprint density at radius 3 is 2.50 bits per heavy atom. The molecule has 1 atom stereocenters. The number of rotatable bonds is 6. The summed E-state index contributed by atoms with van der Waals surface area (Å²) in [4.78, 5) is 39.1. The Hall–Kier alpha value is -3.71. The van der Waals surface area contributed by atoms with Gasteiger partial charge in [0.1, 0.15) is 17.9 Å². The van der Waals surface area contributed by atoms with E-state index < -0.39 is 38.7 Å². The van der Waals surface area contributed by atoms with Crippen LogP contribution in [0.4, 0.5) is 16.2 Å². The maximum atomic E-state index is 12.9. The number of fused-ring (bicyclic) bond motifs is 1. The van der Waals surface area contributed by atoms with Gasteiger partial charge in [0.15, 0.2) is 0 Å². The number of nitrogens with zero attached hydrogens (tertiary/aromatic N) is 3. The molecule has 2 aromatic carbocycles. The lowest BCUT2D eigenvalue weighted by molar-refractivity contribution is -0.384. The molecule has 38 heavy (non-hydrogen) atoms. The average molecular weight is 548 g/mol. The normalized spacial score (nSPS) is 17.7. The number of cyclic esters (lactones) is 1. The van der Waals surface area contributed by atoms with Crippen molar-refractivity contribution in [1.82, 2.24) is 4.90 Å². The van der Waals surface area contributed by atoms with Crippen molar-refractivity contribution in [1.29, 1.82) is 0 Å². The van der Waals surface area contributed by atoms with E-state index >= 15 is 0 Å². The second kappa shape index (κ2) is 10.2. The molecule has 0 N–H and O–H groups in total. The summed E-state index contributed by atoms with van der Waals surface area (Å²) < 4.78 is 41.7. The Bertz CT molecular complexity index is 1370. The van der Waals surface area contributed by atoms with E-state index in [0.717, 1.165) is 5.56 Å². The van der Waals surface area contributed by atoms with Gasteiger partial charge in [0.05, 0.1) is 28.0 Å². The number of carbonyl (C=O) groups is 2. The smallest absolute Gasteiger partial charge is 0.410 e. The second-order valence-electron chi connectivity index (χ2n) is 10.2. The summed E-state index contributed by atoms with van der Waals surface area (Å²) in [5.41, 5.74) is 0.568. The van der Waals surface area contributed by atoms with Crippen LogP contribution in [-0.4, -0.2) is 68.2 Å². The Morgan fingerprint density at radius 2 is 1.87 bits per heavy atom. The summed E-state index contributed by atoms with van der Waals surface area (Å²) in [5.74, 6) is -0.645. The number of carbonyl (C=O) groups excluding carboxylic acids is 2. The largest absolute Gasteiger partial charge is 0.457 e. The Labute approximate surface area is 220 Å². The van der Waals surface area contributed by atoms with Crippen LogP contribution in [-0.2, 0) is 30.4 Å². The second-order valence-corrected chi connectivity index (χ2v) is 11.8. The van der Waals surface area contributed by atoms with Gasteiger partial charge < -0.3 is 19.3 Å².